The Hall–Kier alpha value is -7.36. The number of benzene rings is 9. The van der Waals surface area contributed by atoms with Gasteiger partial charge in [0.1, 0.15) is 22.3 Å². The predicted octanol–water partition coefficient (Wildman–Crippen LogP) is 15.1. The van der Waals surface area contributed by atoms with Crippen LogP contribution in [-0.4, -0.2) is 0 Å². The molecule has 11 rings (SSSR count). The Labute approximate surface area is 317 Å². The number of anilines is 3. The second-order valence-corrected chi connectivity index (χ2v) is 14.1. The van der Waals surface area contributed by atoms with Crippen LogP contribution in [0.3, 0.4) is 0 Å². The molecule has 0 bridgehead atoms. The minimum absolute atomic E-state index is 0.854. The lowest BCUT2D eigenvalue weighted by Crippen LogP contribution is -2.12. The maximum absolute atomic E-state index is 6.47. The second kappa shape index (κ2) is 12.6. The Balaban J connectivity index is 1.15. The van der Waals surface area contributed by atoms with E-state index >= 15 is 0 Å². The Bertz CT molecular complexity index is 3200. The molecule has 3 nitrogen and oxygen atoms in total. The van der Waals surface area contributed by atoms with Crippen molar-refractivity contribution in [3.05, 3.63) is 200 Å². The number of fused-ring (bicyclic) bond motifs is 7. The van der Waals surface area contributed by atoms with Crippen LogP contribution in [0.2, 0.25) is 0 Å². The van der Waals surface area contributed by atoms with Crippen molar-refractivity contribution in [2.75, 3.05) is 4.90 Å². The van der Waals surface area contributed by atoms with E-state index in [-0.39, 0.29) is 0 Å². The Morgan fingerprint density at radius 1 is 0.309 bits per heavy atom. The highest BCUT2D eigenvalue weighted by molar-refractivity contribution is 6.14. The molecule has 55 heavy (non-hydrogen) atoms. The summed E-state index contributed by atoms with van der Waals surface area (Å²) in [5, 5.41) is 6.86. The van der Waals surface area contributed by atoms with Crippen LogP contribution in [0.1, 0.15) is 0 Å². The molecule has 9 aromatic carbocycles. The summed E-state index contributed by atoms with van der Waals surface area (Å²) in [7, 11) is 0. The highest BCUT2D eigenvalue weighted by atomic mass is 16.3. The van der Waals surface area contributed by atoms with Crippen LogP contribution >= 0.6 is 0 Å². The molecule has 0 saturated heterocycles. The van der Waals surface area contributed by atoms with Gasteiger partial charge in [0.05, 0.1) is 16.8 Å². The first-order valence-electron chi connectivity index (χ1n) is 18.7. The van der Waals surface area contributed by atoms with E-state index in [2.05, 4.69) is 187 Å². The maximum Gasteiger partial charge on any atom is 0.137 e. The van der Waals surface area contributed by atoms with E-state index in [1.165, 1.54) is 16.3 Å². The van der Waals surface area contributed by atoms with E-state index in [0.717, 1.165) is 88.8 Å². The van der Waals surface area contributed by atoms with Crippen LogP contribution in [0.25, 0.3) is 88.0 Å². The minimum atomic E-state index is 0.854. The van der Waals surface area contributed by atoms with Gasteiger partial charge in [-0.15, -0.1) is 0 Å². The van der Waals surface area contributed by atoms with Gasteiger partial charge >= 0.3 is 0 Å². The fraction of sp³-hybridized carbons (Fsp3) is 0. The van der Waals surface area contributed by atoms with Crippen molar-refractivity contribution in [3.63, 3.8) is 0 Å². The normalized spacial score (nSPS) is 11.6. The summed E-state index contributed by atoms with van der Waals surface area (Å²) in [4.78, 5) is 2.41. The lowest BCUT2D eigenvalue weighted by molar-refractivity contribution is 0.668. The zero-order valence-electron chi connectivity index (χ0n) is 29.8. The third kappa shape index (κ3) is 5.20. The fourth-order valence-corrected chi connectivity index (χ4v) is 8.28. The number of para-hydroxylation sites is 2. The number of nitrogens with zero attached hydrogens (tertiary/aromatic N) is 1. The summed E-state index contributed by atoms with van der Waals surface area (Å²) in [6.07, 6.45) is 0. The molecule has 2 aromatic heterocycles. The van der Waals surface area contributed by atoms with Crippen LogP contribution in [0.15, 0.2) is 209 Å². The van der Waals surface area contributed by atoms with Gasteiger partial charge in [-0.05, 0) is 93.2 Å². The van der Waals surface area contributed by atoms with Crippen molar-refractivity contribution in [1.29, 1.82) is 0 Å². The van der Waals surface area contributed by atoms with Crippen molar-refractivity contribution in [2.45, 2.75) is 0 Å². The van der Waals surface area contributed by atoms with Crippen molar-refractivity contribution in [1.82, 2.24) is 0 Å². The molecular weight excluding hydrogens is 671 g/mol. The lowest BCUT2D eigenvalue weighted by atomic mass is 9.93. The number of furan rings is 2. The molecule has 0 atom stereocenters. The molecule has 0 aliphatic heterocycles. The van der Waals surface area contributed by atoms with Crippen molar-refractivity contribution >= 4 is 71.7 Å². The van der Waals surface area contributed by atoms with Gasteiger partial charge in [0, 0.05) is 27.4 Å². The Kier molecular flexibility index (Phi) is 7.17. The molecular formula is C52H33NO2. The molecule has 0 fully saturated rings. The zero-order valence-corrected chi connectivity index (χ0v) is 29.8. The largest absolute Gasteiger partial charge is 0.456 e. The van der Waals surface area contributed by atoms with Gasteiger partial charge in [-0.1, -0.05) is 146 Å². The third-order valence-electron chi connectivity index (χ3n) is 10.9. The van der Waals surface area contributed by atoms with Gasteiger partial charge < -0.3 is 13.7 Å². The first-order chi connectivity index (χ1) is 27.3. The molecule has 0 aliphatic carbocycles. The van der Waals surface area contributed by atoms with Crippen LogP contribution in [0.4, 0.5) is 17.1 Å². The van der Waals surface area contributed by atoms with Crippen molar-refractivity contribution in [3.8, 4) is 33.4 Å². The zero-order chi connectivity index (χ0) is 36.3. The Morgan fingerprint density at radius 3 is 1.78 bits per heavy atom. The second-order valence-electron chi connectivity index (χ2n) is 14.1. The molecule has 0 radical (unpaired) electrons. The maximum atomic E-state index is 6.47. The summed E-state index contributed by atoms with van der Waals surface area (Å²) < 4.78 is 12.6. The molecule has 3 heteroatoms. The first kappa shape index (κ1) is 31.2. The van der Waals surface area contributed by atoms with Crippen LogP contribution < -0.4 is 4.90 Å². The third-order valence-corrected chi connectivity index (χ3v) is 10.9. The fourth-order valence-electron chi connectivity index (χ4n) is 8.28. The average molecular weight is 704 g/mol. The van der Waals surface area contributed by atoms with Crippen molar-refractivity contribution < 1.29 is 8.83 Å². The predicted molar refractivity (Wildman–Crippen MR) is 229 cm³/mol. The molecule has 0 amide bonds. The van der Waals surface area contributed by atoms with Gasteiger partial charge in [0.25, 0.3) is 0 Å². The molecule has 0 saturated carbocycles. The van der Waals surface area contributed by atoms with Gasteiger partial charge in [-0.3, -0.25) is 0 Å². The van der Waals surface area contributed by atoms with E-state index in [1.807, 2.05) is 18.2 Å². The standard InChI is InChI=1S/C52H33NO2/c1-2-12-36(13-3-1)42-30-26-38(41-19-10-15-35-14-4-5-16-40(35)41)33-47(42)53(46-20-11-23-51-52(46)44-18-7-9-22-49(44)55-51)39-28-24-34(25-29-39)37-27-31-50-45(32-37)43-17-6-8-21-48(43)54-50/h1-33H. The van der Waals surface area contributed by atoms with Gasteiger partial charge in [0.2, 0.25) is 0 Å². The summed E-state index contributed by atoms with van der Waals surface area (Å²) in [6, 6.07) is 71.2. The summed E-state index contributed by atoms with van der Waals surface area (Å²) in [5.74, 6) is 0. The quantitative estimate of drug-likeness (QED) is 0.173. The van der Waals surface area contributed by atoms with Crippen LogP contribution in [0.5, 0.6) is 0 Å². The average Bonchev–Trinajstić information content (AvgIpc) is 3.83. The molecule has 0 N–H and O–H groups in total. The smallest absolute Gasteiger partial charge is 0.137 e. The summed E-state index contributed by atoms with van der Waals surface area (Å²) >= 11 is 0. The van der Waals surface area contributed by atoms with Gasteiger partial charge in [-0.25, -0.2) is 0 Å². The molecule has 258 valence electrons. The minimum Gasteiger partial charge on any atom is -0.456 e. The van der Waals surface area contributed by atoms with Crippen LogP contribution in [0, 0.1) is 0 Å². The molecule has 11 aromatic rings. The summed E-state index contributed by atoms with van der Waals surface area (Å²) in [5.41, 5.74) is 13.6. The van der Waals surface area contributed by atoms with E-state index in [1.54, 1.807) is 0 Å². The summed E-state index contributed by atoms with van der Waals surface area (Å²) in [6.45, 7) is 0. The number of hydrogen-bond acceptors (Lipinski definition) is 3. The first-order valence-corrected chi connectivity index (χ1v) is 18.7. The highest BCUT2D eigenvalue weighted by Crippen LogP contribution is 2.48. The van der Waals surface area contributed by atoms with Crippen molar-refractivity contribution in [2.24, 2.45) is 0 Å². The SMILES string of the molecule is c1ccc(-c2ccc(-c3cccc4ccccc34)cc2N(c2ccc(-c3ccc4oc5ccccc5c4c3)cc2)c2cccc3oc4ccccc4c23)cc1. The van der Waals surface area contributed by atoms with Gasteiger partial charge in [-0.2, -0.15) is 0 Å². The highest BCUT2D eigenvalue weighted by Gasteiger charge is 2.23. The molecule has 0 unspecified atom stereocenters. The van der Waals surface area contributed by atoms with Gasteiger partial charge in [0.15, 0.2) is 0 Å². The molecule has 2 heterocycles. The van der Waals surface area contributed by atoms with E-state index in [4.69, 9.17) is 8.83 Å². The van der Waals surface area contributed by atoms with E-state index in [9.17, 15) is 0 Å². The number of rotatable bonds is 6. The van der Waals surface area contributed by atoms with E-state index < -0.39 is 0 Å². The topological polar surface area (TPSA) is 29.5 Å². The monoisotopic (exact) mass is 703 g/mol. The van der Waals surface area contributed by atoms with Crippen LogP contribution in [-0.2, 0) is 0 Å². The van der Waals surface area contributed by atoms with E-state index in [0.29, 0.717) is 0 Å². The molecule has 0 spiro atoms. The molecule has 0 aliphatic rings. The Morgan fingerprint density at radius 2 is 0.927 bits per heavy atom. The lowest BCUT2D eigenvalue weighted by Gasteiger charge is -2.29. The number of hydrogen-bond donors (Lipinski definition) is 0.